The number of carbonyl (C=O) groups is 1. The number of aromatic nitrogens is 2. The molecule has 0 spiro atoms. The molecule has 0 saturated heterocycles. The van der Waals surface area contributed by atoms with Gasteiger partial charge in [-0.05, 0) is 12.1 Å². The molecule has 0 aliphatic carbocycles. The summed E-state index contributed by atoms with van der Waals surface area (Å²) < 4.78 is 0. The maximum Gasteiger partial charge on any atom is 0.328 e. The van der Waals surface area contributed by atoms with E-state index < -0.39 is 5.97 Å². The number of anilines is 1. The van der Waals surface area contributed by atoms with Crippen LogP contribution >= 0.6 is 11.6 Å². The molecule has 1 heterocycles. The van der Waals surface area contributed by atoms with E-state index in [0.717, 1.165) is 6.08 Å². The number of rotatable bonds is 2. The molecule has 5 nitrogen and oxygen atoms in total. The first-order valence-electron chi connectivity index (χ1n) is 3.29. The normalized spacial score (nSPS) is 10.5. The second-order valence-electron chi connectivity index (χ2n) is 2.18. The molecule has 1 aromatic rings. The molecule has 0 radical (unpaired) electrons. The summed E-state index contributed by atoms with van der Waals surface area (Å²) in [6, 6.07) is 1.43. The summed E-state index contributed by atoms with van der Waals surface area (Å²) in [6.07, 6.45) is 2.25. The smallest absolute Gasteiger partial charge is 0.328 e. The fourth-order valence-electron chi connectivity index (χ4n) is 0.685. The Hall–Kier alpha value is -1.62. The van der Waals surface area contributed by atoms with Crippen molar-refractivity contribution in [1.82, 2.24) is 10.2 Å². The fraction of sp³-hybridized carbons (Fsp3) is 0. The highest BCUT2D eigenvalue weighted by atomic mass is 35.5. The van der Waals surface area contributed by atoms with E-state index in [1.54, 1.807) is 0 Å². The van der Waals surface area contributed by atoms with Crippen LogP contribution in [0.3, 0.4) is 0 Å². The summed E-state index contributed by atoms with van der Waals surface area (Å²) in [5.41, 5.74) is 5.83. The van der Waals surface area contributed by atoms with Crippen molar-refractivity contribution in [3.63, 3.8) is 0 Å². The third-order valence-corrected chi connectivity index (χ3v) is 1.41. The molecule has 3 N–H and O–H groups in total. The van der Waals surface area contributed by atoms with Crippen molar-refractivity contribution in [3.05, 3.63) is 22.9 Å². The molecule has 0 aliphatic heterocycles. The van der Waals surface area contributed by atoms with Gasteiger partial charge in [0, 0.05) is 11.6 Å². The molecule has 13 heavy (non-hydrogen) atoms. The van der Waals surface area contributed by atoms with Gasteiger partial charge < -0.3 is 10.8 Å². The highest BCUT2D eigenvalue weighted by Crippen LogP contribution is 2.13. The second-order valence-corrected chi connectivity index (χ2v) is 2.57. The number of nitrogens with zero attached hydrogens (tertiary/aromatic N) is 2. The molecule has 0 aromatic carbocycles. The van der Waals surface area contributed by atoms with E-state index in [2.05, 4.69) is 10.2 Å². The number of carboxylic acid groups (broad SMARTS) is 1. The molecule has 6 heteroatoms. The zero-order valence-corrected chi connectivity index (χ0v) is 7.19. The average Bonchev–Trinajstić information content (AvgIpc) is 2.06. The van der Waals surface area contributed by atoms with Gasteiger partial charge in [0.1, 0.15) is 0 Å². The van der Waals surface area contributed by atoms with Crippen LogP contribution in [-0.4, -0.2) is 21.3 Å². The molecule has 0 amide bonds. The summed E-state index contributed by atoms with van der Waals surface area (Å²) in [7, 11) is 0. The Labute approximate surface area is 78.8 Å². The van der Waals surface area contributed by atoms with Gasteiger partial charge in [0.2, 0.25) is 0 Å². The summed E-state index contributed by atoms with van der Waals surface area (Å²) >= 11 is 5.52. The van der Waals surface area contributed by atoms with Crippen molar-refractivity contribution in [2.45, 2.75) is 0 Å². The molecule has 0 unspecified atom stereocenters. The summed E-state index contributed by atoms with van der Waals surface area (Å²) in [5, 5.41) is 15.5. The van der Waals surface area contributed by atoms with E-state index >= 15 is 0 Å². The van der Waals surface area contributed by atoms with E-state index in [4.69, 9.17) is 22.4 Å². The third-order valence-electron chi connectivity index (χ3n) is 1.23. The van der Waals surface area contributed by atoms with Crippen molar-refractivity contribution in [2.24, 2.45) is 0 Å². The number of nitrogen functional groups attached to an aromatic ring is 1. The Morgan fingerprint density at radius 3 is 2.92 bits per heavy atom. The van der Waals surface area contributed by atoms with Crippen LogP contribution < -0.4 is 5.73 Å². The monoisotopic (exact) mass is 199 g/mol. The summed E-state index contributed by atoms with van der Waals surface area (Å²) in [4.78, 5) is 10.2. The molecule has 0 bridgehead atoms. The highest BCUT2D eigenvalue weighted by molar-refractivity contribution is 6.29. The lowest BCUT2D eigenvalue weighted by molar-refractivity contribution is -0.131. The molecule has 0 atom stereocenters. The van der Waals surface area contributed by atoms with Crippen molar-refractivity contribution >= 4 is 29.5 Å². The van der Waals surface area contributed by atoms with Gasteiger partial charge in [0.25, 0.3) is 0 Å². The third kappa shape index (κ3) is 2.72. The van der Waals surface area contributed by atoms with Gasteiger partial charge in [0.15, 0.2) is 11.0 Å². The number of hydrogen-bond acceptors (Lipinski definition) is 4. The lowest BCUT2D eigenvalue weighted by Gasteiger charge is -1.96. The zero-order valence-electron chi connectivity index (χ0n) is 6.44. The van der Waals surface area contributed by atoms with Gasteiger partial charge >= 0.3 is 5.97 Å². The van der Waals surface area contributed by atoms with Crippen molar-refractivity contribution < 1.29 is 9.90 Å². The second kappa shape index (κ2) is 3.86. The number of halogens is 1. The topological polar surface area (TPSA) is 89.1 Å². The average molecular weight is 200 g/mol. The Kier molecular flexibility index (Phi) is 2.81. The number of nitrogens with two attached hydrogens (primary N) is 1. The standard InChI is InChI=1S/C7H6ClN3O2/c8-5-3-4(1-2-6(12)13)7(9)11-10-5/h1-3H,(H2,9,11)(H,12,13). The molecule has 1 rings (SSSR count). The number of carboxylic acids is 1. The van der Waals surface area contributed by atoms with Crippen molar-refractivity contribution in [3.8, 4) is 0 Å². The minimum Gasteiger partial charge on any atom is -0.478 e. The van der Waals surface area contributed by atoms with E-state index in [9.17, 15) is 4.79 Å². The highest BCUT2D eigenvalue weighted by Gasteiger charge is 1.99. The van der Waals surface area contributed by atoms with Crippen molar-refractivity contribution in [1.29, 1.82) is 0 Å². The lowest BCUT2D eigenvalue weighted by atomic mass is 10.2. The molecular formula is C7H6ClN3O2. The summed E-state index contributed by atoms with van der Waals surface area (Å²) in [5.74, 6) is -0.922. The van der Waals surface area contributed by atoms with E-state index in [1.165, 1.54) is 12.1 Å². The molecule has 0 saturated carbocycles. The van der Waals surface area contributed by atoms with Gasteiger partial charge in [-0.2, -0.15) is 0 Å². The van der Waals surface area contributed by atoms with Crippen LogP contribution in [0.4, 0.5) is 5.82 Å². The van der Waals surface area contributed by atoms with Crippen LogP contribution in [-0.2, 0) is 4.79 Å². The quantitative estimate of drug-likeness (QED) is 0.688. The van der Waals surface area contributed by atoms with Crippen LogP contribution in [0.1, 0.15) is 5.56 Å². The zero-order chi connectivity index (χ0) is 9.84. The van der Waals surface area contributed by atoms with Crippen LogP contribution in [0.15, 0.2) is 12.1 Å². The van der Waals surface area contributed by atoms with Crippen molar-refractivity contribution in [2.75, 3.05) is 5.73 Å². The lowest BCUT2D eigenvalue weighted by Crippen LogP contribution is -1.96. The first-order chi connectivity index (χ1) is 6.09. The molecule has 1 aromatic heterocycles. The Bertz CT molecular complexity index is 365. The fourth-order valence-corrected chi connectivity index (χ4v) is 0.840. The number of hydrogen-bond donors (Lipinski definition) is 2. The minimum absolute atomic E-state index is 0.141. The van der Waals surface area contributed by atoms with Crippen LogP contribution in [0.2, 0.25) is 5.15 Å². The maximum atomic E-state index is 10.2. The van der Waals surface area contributed by atoms with Gasteiger partial charge in [-0.1, -0.05) is 11.6 Å². The predicted octanol–water partition coefficient (Wildman–Crippen LogP) is 0.810. The van der Waals surface area contributed by atoms with Gasteiger partial charge in [-0.25, -0.2) is 4.79 Å². The predicted molar refractivity (Wildman–Crippen MR) is 48.1 cm³/mol. The van der Waals surface area contributed by atoms with Gasteiger partial charge in [-0.3, -0.25) is 0 Å². The molecular weight excluding hydrogens is 194 g/mol. The maximum absolute atomic E-state index is 10.2. The largest absolute Gasteiger partial charge is 0.478 e. The molecule has 0 fully saturated rings. The van der Waals surface area contributed by atoms with E-state index in [1.807, 2.05) is 0 Å². The van der Waals surface area contributed by atoms with Gasteiger partial charge in [-0.15, -0.1) is 10.2 Å². The first-order valence-corrected chi connectivity index (χ1v) is 3.67. The van der Waals surface area contributed by atoms with Gasteiger partial charge in [0.05, 0.1) is 0 Å². The minimum atomic E-state index is -1.06. The van der Waals surface area contributed by atoms with Crippen LogP contribution in [0, 0.1) is 0 Å². The Balaban J connectivity index is 3.00. The summed E-state index contributed by atoms with van der Waals surface area (Å²) in [6.45, 7) is 0. The molecule has 68 valence electrons. The Morgan fingerprint density at radius 1 is 1.62 bits per heavy atom. The SMILES string of the molecule is Nc1nnc(Cl)cc1C=CC(=O)O. The van der Waals surface area contributed by atoms with Crippen LogP contribution in [0.5, 0.6) is 0 Å². The first kappa shape index (κ1) is 9.47. The molecule has 0 aliphatic rings. The Morgan fingerprint density at radius 2 is 2.31 bits per heavy atom. The number of aliphatic carboxylic acids is 1. The van der Waals surface area contributed by atoms with E-state index in [0.29, 0.717) is 5.56 Å². The van der Waals surface area contributed by atoms with E-state index in [-0.39, 0.29) is 11.0 Å². The van der Waals surface area contributed by atoms with Crippen LogP contribution in [0.25, 0.3) is 6.08 Å².